The second kappa shape index (κ2) is 5.66. The van der Waals surface area contributed by atoms with E-state index in [1.807, 2.05) is 0 Å². The van der Waals surface area contributed by atoms with Gasteiger partial charge < -0.3 is 14.8 Å². The van der Waals surface area contributed by atoms with Crippen molar-refractivity contribution in [3.05, 3.63) is 29.0 Å². The summed E-state index contributed by atoms with van der Waals surface area (Å²) in [4.78, 5) is 11.8. The second-order valence-electron chi connectivity index (χ2n) is 3.36. The van der Waals surface area contributed by atoms with Gasteiger partial charge in [0, 0.05) is 7.05 Å². The molecule has 19 heavy (non-hydrogen) atoms. The molecule has 1 heterocycles. The molecule has 1 aromatic carbocycles. The number of methoxy groups -OCH3 is 1. The van der Waals surface area contributed by atoms with E-state index in [0.29, 0.717) is 0 Å². The highest BCUT2D eigenvalue weighted by molar-refractivity contribution is 6.32. The van der Waals surface area contributed by atoms with Crippen LogP contribution in [0.5, 0.6) is 17.8 Å². The molecule has 0 aliphatic heterocycles. The van der Waals surface area contributed by atoms with E-state index in [4.69, 9.17) is 21.1 Å². The molecule has 0 atom stereocenters. The highest BCUT2D eigenvalue weighted by Crippen LogP contribution is 2.28. The van der Waals surface area contributed by atoms with Crippen LogP contribution in [-0.4, -0.2) is 29.1 Å². The zero-order valence-electron chi connectivity index (χ0n) is 10.1. The summed E-state index contributed by atoms with van der Waals surface area (Å²) in [5, 5.41) is 2.85. The van der Waals surface area contributed by atoms with Crippen LogP contribution in [0, 0.1) is 5.82 Å². The van der Waals surface area contributed by atoms with E-state index in [0.717, 1.165) is 6.07 Å². The van der Waals surface area contributed by atoms with Crippen LogP contribution >= 0.6 is 11.6 Å². The standard InChI is InChI=1S/C11H10ClFN4O2/c1-14-9-15-10(18-2)17-11(16-9)19-8-4-3-6(13)5-7(8)12/h3-5H,1-2H3,(H,14,15,16,17). The highest BCUT2D eigenvalue weighted by Gasteiger charge is 2.10. The van der Waals surface area contributed by atoms with Crippen LogP contribution in [0.15, 0.2) is 18.2 Å². The molecule has 0 aliphatic carbocycles. The minimum Gasteiger partial charge on any atom is -0.467 e. The Labute approximate surface area is 113 Å². The maximum Gasteiger partial charge on any atom is 0.330 e. The van der Waals surface area contributed by atoms with Gasteiger partial charge in [-0.05, 0) is 18.2 Å². The lowest BCUT2D eigenvalue weighted by Crippen LogP contribution is -2.03. The van der Waals surface area contributed by atoms with Gasteiger partial charge in [0.1, 0.15) is 11.6 Å². The van der Waals surface area contributed by atoms with Crippen LogP contribution in [0.25, 0.3) is 0 Å². The lowest BCUT2D eigenvalue weighted by molar-refractivity contribution is 0.360. The normalized spacial score (nSPS) is 10.1. The molecule has 1 N–H and O–H groups in total. The van der Waals surface area contributed by atoms with Crippen LogP contribution in [0.4, 0.5) is 10.3 Å². The molecule has 100 valence electrons. The predicted molar refractivity (Wildman–Crippen MR) is 67.4 cm³/mol. The number of aromatic nitrogens is 3. The fraction of sp³-hybridized carbons (Fsp3) is 0.182. The third-order valence-corrected chi connectivity index (χ3v) is 2.39. The molecule has 2 rings (SSSR count). The zero-order valence-corrected chi connectivity index (χ0v) is 10.9. The third kappa shape index (κ3) is 3.19. The van der Waals surface area contributed by atoms with Gasteiger partial charge in [0.25, 0.3) is 0 Å². The van der Waals surface area contributed by atoms with Crippen molar-refractivity contribution in [2.24, 2.45) is 0 Å². The van der Waals surface area contributed by atoms with Crippen molar-refractivity contribution in [3.8, 4) is 17.8 Å². The maximum atomic E-state index is 12.9. The Balaban J connectivity index is 2.31. The monoisotopic (exact) mass is 284 g/mol. The summed E-state index contributed by atoms with van der Waals surface area (Å²) >= 11 is 5.84. The van der Waals surface area contributed by atoms with Crippen LogP contribution in [0.1, 0.15) is 0 Å². The maximum absolute atomic E-state index is 12.9. The number of anilines is 1. The lowest BCUT2D eigenvalue weighted by Gasteiger charge is -2.08. The minimum atomic E-state index is -0.457. The average Bonchev–Trinajstić information content (AvgIpc) is 2.41. The number of nitrogens with zero attached hydrogens (tertiary/aromatic N) is 3. The molecule has 0 aliphatic rings. The van der Waals surface area contributed by atoms with Crippen LogP contribution in [0.3, 0.4) is 0 Å². The van der Waals surface area contributed by atoms with Gasteiger partial charge in [-0.2, -0.15) is 9.97 Å². The van der Waals surface area contributed by atoms with Crippen molar-refractivity contribution in [2.45, 2.75) is 0 Å². The minimum absolute atomic E-state index is 0.00953. The summed E-state index contributed by atoms with van der Waals surface area (Å²) in [5.74, 6) is 0.0555. The fourth-order valence-corrected chi connectivity index (χ4v) is 1.45. The first kappa shape index (κ1) is 13.3. The Morgan fingerprint density at radius 2 is 1.95 bits per heavy atom. The van der Waals surface area contributed by atoms with E-state index in [2.05, 4.69) is 20.3 Å². The fourth-order valence-electron chi connectivity index (χ4n) is 1.24. The molecule has 0 spiro atoms. The summed E-state index contributed by atoms with van der Waals surface area (Å²) in [6.45, 7) is 0. The van der Waals surface area contributed by atoms with Crippen molar-refractivity contribution in [1.82, 2.24) is 15.0 Å². The Morgan fingerprint density at radius 3 is 2.58 bits per heavy atom. The van der Waals surface area contributed by atoms with Gasteiger partial charge in [-0.25, -0.2) is 4.39 Å². The smallest absolute Gasteiger partial charge is 0.330 e. The Kier molecular flexibility index (Phi) is 3.96. The summed E-state index contributed by atoms with van der Waals surface area (Å²) in [7, 11) is 3.06. The van der Waals surface area contributed by atoms with E-state index in [1.54, 1.807) is 7.05 Å². The molecule has 6 nitrogen and oxygen atoms in total. The molecule has 0 fully saturated rings. The SMILES string of the molecule is CNc1nc(OC)nc(Oc2ccc(F)cc2Cl)n1. The van der Waals surface area contributed by atoms with Crippen molar-refractivity contribution >= 4 is 17.5 Å². The third-order valence-electron chi connectivity index (χ3n) is 2.10. The first-order valence-corrected chi connectivity index (χ1v) is 5.61. The Morgan fingerprint density at radius 1 is 1.21 bits per heavy atom. The number of hydrogen-bond acceptors (Lipinski definition) is 6. The summed E-state index contributed by atoms with van der Waals surface area (Å²) in [5.41, 5.74) is 0. The largest absolute Gasteiger partial charge is 0.467 e. The van der Waals surface area contributed by atoms with Gasteiger partial charge in [-0.1, -0.05) is 11.6 Å². The molecule has 2 aromatic rings. The van der Waals surface area contributed by atoms with Gasteiger partial charge in [-0.3, -0.25) is 0 Å². The first-order valence-electron chi connectivity index (χ1n) is 5.23. The van der Waals surface area contributed by atoms with E-state index < -0.39 is 5.82 Å². The van der Waals surface area contributed by atoms with E-state index in [1.165, 1.54) is 19.2 Å². The topological polar surface area (TPSA) is 69.2 Å². The summed E-state index contributed by atoms with van der Waals surface area (Å²) in [6.07, 6.45) is 0. The van der Waals surface area contributed by atoms with Gasteiger partial charge in [0.2, 0.25) is 5.95 Å². The van der Waals surface area contributed by atoms with Crippen molar-refractivity contribution < 1.29 is 13.9 Å². The Bertz CT molecular complexity index is 575. The van der Waals surface area contributed by atoms with Gasteiger partial charge in [-0.15, -0.1) is 4.98 Å². The predicted octanol–water partition coefficient (Wildman–Crippen LogP) is 2.51. The number of nitrogens with one attached hydrogen (secondary N) is 1. The van der Waals surface area contributed by atoms with Crippen molar-refractivity contribution in [2.75, 3.05) is 19.5 Å². The second-order valence-corrected chi connectivity index (χ2v) is 3.76. The first-order chi connectivity index (χ1) is 9.12. The molecule has 0 radical (unpaired) electrons. The van der Waals surface area contributed by atoms with Gasteiger partial charge in [0.05, 0.1) is 12.1 Å². The lowest BCUT2D eigenvalue weighted by atomic mass is 10.3. The number of halogens is 2. The van der Waals surface area contributed by atoms with E-state index >= 15 is 0 Å². The Hall–Kier alpha value is -2.15. The van der Waals surface area contributed by atoms with Crippen LogP contribution < -0.4 is 14.8 Å². The molecule has 1 aromatic heterocycles. The van der Waals surface area contributed by atoms with Crippen molar-refractivity contribution in [1.29, 1.82) is 0 Å². The number of rotatable bonds is 4. The highest BCUT2D eigenvalue weighted by atomic mass is 35.5. The van der Waals surface area contributed by atoms with E-state index in [9.17, 15) is 4.39 Å². The molecular weight excluding hydrogens is 275 g/mol. The van der Waals surface area contributed by atoms with Gasteiger partial charge >= 0.3 is 12.0 Å². The summed E-state index contributed by atoms with van der Waals surface area (Å²) in [6, 6.07) is 3.82. The molecular formula is C11H10ClFN4O2. The molecule has 0 saturated carbocycles. The van der Waals surface area contributed by atoms with Crippen molar-refractivity contribution in [3.63, 3.8) is 0 Å². The molecule has 0 amide bonds. The van der Waals surface area contributed by atoms with E-state index in [-0.39, 0.29) is 28.7 Å². The number of ether oxygens (including phenoxy) is 2. The number of hydrogen-bond donors (Lipinski definition) is 1. The zero-order chi connectivity index (χ0) is 13.8. The quantitative estimate of drug-likeness (QED) is 0.930. The molecule has 0 saturated heterocycles. The average molecular weight is 285 g/mol. The van der Waals surface area contributed by atoms with Crippen LogP contribution in [0.2, 0.25) is 5.02 Å². The molecule has 0 unspecified atom stereocenters. The van der Waals surface area contributed by atoms with Gasteiger partial charge in [0.15, 0.2) is 0 Å². The molecule has 8 heteroatoms. The molecule has 0 bridgehead atoms. The van der Waals surface area contributed by atoms with Crippen LogP contribution in [-0.2, 0) is 0 Å². The number of benzene rings is 1. The summed E-state index contributed by atoms with van der Waals surface area (Å²) < 4.78 is 23.2.